The molecule has 0 aliphatic rings. The lowest BCUT2D eigenvalue weighted by atomic mass is 10.3. The average Bonchev–Trinajstić information content (AvgIpc) is 2.34. The fraction of sp³-hybridized carbons (Fsp3) is 0.571. The van der Waals surface area contributed by atoms with E-state index in [0.717, 1.165) is 5.69 Å². The molecule has 0 bridgehead atoms. The summed E-state index contributed by atoms with van der Waals surface area (Å²) in [6.45, 7) is 4.04. The van der Waals surface area contributed by atoms with Gasteiger partial charge < -0.3 is 5.11 Å². The number of rotatable bonds is 2. The van der Waals surface area contributed by atoms with E-state index in [-0.39, 0.29) is 12.6 Å². The molecule has 0 fully saturated rings. The summed E-state index contributed by atoms with van der Waals surface area (Å²) in [5, 5.41) is 12.8. The van der Waals surface area contributed by atoms with Crippen LogP contribution in [0.1, 0.15) is 18.7 Å². The summed E-state index contributed by atoms with van der Waals surface area (Å²) in [5.41, 5.74) is 1.08. The molecule has 0 aliphatic carbocycles. The van der Waals surface area contributed by atoms with E-state index < -0.39 is 0 Å². The first-order valence-electron chi connectivity index (χ1n) is 3.36. The smallest absolute Gasteiger partial charge is 0.0724 e. The van der Waals surface area contributed by atoms with Crippen LogP contribution in [0, 0.1) is 6.92 Å². The quantitative estimate of drug-likeness (QED) is 0.658. The van der Waals surface area contributed by atoms with E-state index in [9.17, 15) is 0 Å². The Kier molecular flexibility index (Phi) is 2.06. The van der Waals surface area contributed by atoms with Crippen molar-refractivity contribution in [2.24, 2.45) is 0 Å². The zero-order chi connectivity index (χ0) is 7.56. The Bertz CT molecular complexity index is 207. The van der Waals surface area contributed by atoms with Crippen molar-refractivity contribution < 1.29 is 5.11 Å². The van der Waals surface area contributed by atoms with E-state index in [1.54, 1.807) is 10.9 Å². The highest BCUT2D eigenvalue weighted by Crippen LogP contribution is 2.05. The van der Waals surface area contributed by atoms with Gasteiger partial charge in [-0.3, -0.25) is 4.68 Å². The second-order valence-electron chi connectivity index (χ2n) is 2.45. The highest BCUT2D eigenvalue weighted by Gasteiger charge is 2.03. The number of hydrogen-bond donors (Lipinski definition) is 1. The van der Waals surface area contributed by atoms with Gasteiger partial charge >= 0.3 is 0 Å². The van der Waals surface area contributed by atoms with Crippen LogP contribution in [-0.2, 0) is 0 Å². The monoisotopic (exact) mass is 140 g/mol. The molecule has 0 radical (unpaired) electrons. The van der Waals surface area contributed by atoms with Crippen LogP contribution in [0.2, 0.25) is 0 Å². The van der Waals surface area contributed by atoms with E-state index in [0.29, 0.717) is 0 Å². The predicted octanol–water partition coefficient (Wildman–Crippen LogP) is 0.745. The molecule has 0 aliphatic heterocycles. The van der Waals surface area contributed by atoms with Crippen molar-refractivity contribution in [1.29, 1.82) is 0 Å². The number of hydrogen-bond acceptors (Lipinski definition) is 2. The van der Waals surface area contributed by atoms with Crippen LogP contribution in [0.25, 0.3) is 0 Å². The summed E-state index contributed by atoms with van der Waals surface area (Å²) in [4.78, 5) is 0. The van der Waals surface area contributed by atoms with Crippen LogP contribution in [0.3, 0.4) is 0 Å². The predicted molar refractivity (Wildman–Crippen MR) is 38.8 cm³/mol. The van der Waals surface area contributed by atoms with Crippen molar-refractivity contribution >= 4 is 0 Å². The Balaban J connectivity index is 2.82. The van der Waals surface area contributed by atoms with Gasteiger partial charge in [0.1, 0.15) is 0 Å². The minimum atomic E-state index is 0.0926. The van der Waals surface area contributed by atoms with Gasteiger partial charge in [-0.25, -0.2) is 0 Å². The Morgan fingerprint density at radius 2 is 2.50 bits per heavy atom. The van der Waals surface area contributed by atoms with Crippen molar-refractivity contribution in [2.45, 2.75) is 19.9 Å². The van der Waals surface area contributed by atoms with Gasteiger partial charge in [0.25, 0.3) is 0 Å². The van der Waals surface area contributed by atoms with Gasteiger partial charge in [0.2, 0.25) is 0 Å². The average molecular weight is 140 g/mol. The van der Waals surface area contributed by atoms with Gasteiger partial charge in [0, 0.05) is 11.9 Å². The third-order valence-electron chi connectivity index (χ3n) is 1.55. The van der Waals surface area contributed by atoms with Crippen LogP contribution >= 0.6 is 0 Å². The summed E-state index contributed by atoms with van der Waals surface area (Å²) < 4.78 is 1.81. The molecule has 0 saturated heterocycles. The molecule has 1 heterocycles. The molecule has 10 heavy (non-hydrogen) atoms. The molecule has 56 valence electrons. The lowest BCUT2D eigenvalue weighted by Gasteiger charge is -2.09. The summed E-state index contributed by atoms with van der Waals surface area (Å²) in [6, 6.07) is 2.02. The van der Waals surface area contributed by atoms with Crippen LogP contribution < -0.4 is 0 Å². The first kappa shape index (κ1) is 7.28. The van der Waals surface area contributed by atoms with Crippen LogP contribution in [0.4, 0.5) is 0 Å². The van der Waals surface area contributed by atoms with Crippen molar-refractivity contribution in [2.75, 3.05) is 6.61 Å². The minimum Gasteiger partial charge on any atom is -0.394 e. The number of aliphatic hydroxyl groups is 1. The van der Waals surface area contributed by atoms with E-state index in [2.05, 4.69) is 5.10 Å². The fourth-order valence-corrected chi connectivity index (χ4v) is 0.919. The highest BCUT2D eigenvalue weighted by molar-refractivity contribution is 4.97. The molecule has 0 spiro atoms. The lowest BCUT2D eigenvalue weighted by molar-refractivity contribution is 0.228. The van der Waals surface area contributed by atoms with Gasteiger partial charge in [-0.15, -0.1) is 0 Å². The first-order chi connectivity index (χ1) is 4.75. The van der Waals surface area contributed by atoms with Gasteiger partial charge in [0.05, 0.1) is 12.6 Å². The Morgan fingerprint density at radius 1 is 1.80 bits per heavy atom. The topological polar surface area (TPSA) is 38.0 Å². The molecular weight excluding hydrogens is 128 g/mol. The SMILES string of the molecule is Cc1ccnn1C(C)CO. The van der Waals surface area contributed by atoms with E-state index in [1.807, 2.05) is 19.9 Å². The maximum atomic E-state index is 8.77. The van der Waals surface area contributed by atoms with Crippen molar-refractivity contribution in [3.05, 3.63) is 18.0 Å². The highest BCUT2D eigenvalue weighted by atomic mass is 16.3. The number of aromatic nitrogens is 2. The molecule has 1 atom stereocenters. The number of nitrogens with zero attached hydrogens (tertiary/aromatic N) is 2. The minimum absolute atomic E-state index is 0.0926. The second kappa shape index (κ2) is 2.84. The summed E-state index contributed by atoms with van der Waals surface area (Å²) >= 11 is 0. The maximum absolute atomic E-state index is 8.77. The molecule has 1 aromatic heterocycles. The molecule has 0 amide bonds. The van der Waals surface area contributed by atoms with E-state index in [4.69, 9.17) is 5.11 Å². The molecular formula is C7H12N2O. The van der Waals surface area contributed by atoms with Crippen molar-refractivity contribution in [3.8, 4) is 0 Å². The Morgan fingerprint density at radius 3 is 2.90 bits per heavy atom. The summed E-state index contributed by atoms with van der Waals surface area (Å²) in [5.74, 6) is 0. The van der Waals surface area contributed by atoms with Crippen molar-refractivity contribution in [1.82, 2.24) is 9.78 Å². The molecule has 1 unspecified atom stereocenters. The molecule has 1 N–H and O–H groups in total. The zero-order valence-electron chi connectivity index (χ0n) is 6.28. The third-order valence-corrected chi connectivity index (χ3v) is 1.55. The van der Waals surface area contributed by atoms with Gasteiger partial charge in [-0.2, -0.15) is 5.10 Å². The maximum Gasteiger partial charge on any atom is 0.0724 e. The molecule has 1 rings (SSSR count). The van der Waals surface area contributed by atoms with Crippen LogP contribution in [0.15, 0.2) is 12.3 Å². The third kappa shape index (κ3) is 1.19. The second-order valence-corrected chi connectivity index (χ2v) is 2.45. The standard InChI is InChI=1S/C7H12N2O/c1-6-3-4-8-9(6)7(2)5-10/h3-4,7,10H,5H2,1-2H3. The number of aryl methyl sites for hydroxylation is 1. The molecule has 1 aromatic rings. The van der Waals surface area contributed by atoms with Crippen LogP contribution in [-0.4, -0.2) is 21.5 Å². The van der Waals surface area contributed by atoms with Crippen molar-refractivity contribution in [3.63, 3.8) is 0 Å². The van der Waals surface area contributed by atoms with Gasteiger partial charge in [0.15, 0.2) is 0 Å². The molecule has 0 aromatic carbocycles. The Hall–Kier alpha value is -0.830. The van der Waals surface area contributed by atoms with E-state index >= 15 is 0 Å². The lowest BCUT2D eigenvalue weighted by Crippen LogP contribution is -2.11. The van der Waals surface area contributed by atoms with Gasteiger partial charge in [-0.1, -0.05) is 0 Å². The summed E-state index contributed by atoms with van der Waals surface area (Å²) in [7, 11) is 0. The largest absolute Gasteiger partial charge is 0.394 e. The van der Waals surface area contributed by atoms with Gasteiger partial charge in [-0.05, 0) is 19.9 Å². The normalized spacial score (nSPS) is 13.5. The zero-order valence-corrected chi connectivity index (χ0v) is 6.28. The molecule has 3 nitrogen and oxygen atoms in total. The number of aliphatic hydroxyl groups excluding tert-OH is 1. The van der Waals surface area contributed by atoms with E-state index in [1.165, 1.54) is 0 Å². The first-order valence-corrected chi connectivity index (χ1v) is 3.36. The molecule has 3 heteroatoms. The summed E-state index contributed by atoms with van der Waals surface area (Å²) in [6.07, 6.45) is 1.74. The molecule has 0 saturated carbocycles. The Labute approximate surface area is 60.3 Å². The fourth-order valence-electron chi connectivity index (χ4n) is 0.919. The van der Waals surface area contributed by atoms with Crippen LogP contribution in [0.5, 0.6) is 0 Å².